The largest absolute Gasteiger partial charge is 0.487 e. The van der Waals surface area contributed by atoms with Crippen molar-refractivity contribution in [1.82, 2.24) is 20.0 Å². The molecule has 2 aromatic heterocycles. The highest BCUT2D eigenvalue weighted by Crippen LogP contribution is 3.02. The van der Waals surface area contributed by atoms with Gasteiger partial charge in [0, 0.05) is 6.08 Å². The summed E-state index contributed by atoms with van der Waals surface area (Å²) in [5.74, 6) is 0.847. The Kier molecular flexibility index (Phi) is 9.95. The molecule has 0 aliphatic carbocycles. The van der Waals surface area contributed by atoms with Crippen LogP contribution in [0.4, 0.5) is 19.4 Å². The first-order chi connectivity index (χ1) is 26.4. The Labute approximate surface area is 315 Å². The van der Waals surface area contributed by atoms with Gasteiger partial charge in [-0.05, 0) is 83.8 Å². The Morgan fingerprint density at radius 3 is 1.76 bits per heavy atom. The number of aryl methyl sites for hydroxylation is 2. The number of hydrogen-bond donors (Lipinski definition) is 0. The van der Waals surface area contributed by atoms with Gasteiger partial charge in [-0.15, -0.1) is 5.10 Å². The van der Waals surface area contributed by atoms with Gasteiger partial charge in [-0.2, -0.15) is 0 Å². The molecule has 7 aromatic rings. The van der Waals surface area contributed by atoms with Crippen molar-refractivity contribution in [2.45, 2.75) is 42.7 Å². The number of halogens is 5. The number of ether oxygens (including phenoxy) is 1. The third-order valence-corrected chi connectivity index (χ3v) is 10.4. The highest BCUT2D eigenvalue weighted by atomic mass is 32.5. The molecule has 2 heterocycles. The molecule has 0 saturated heterocycles. The van der Waals surface area contributed by atoms with E-state index in [-0.39, 0.29) is 18.1 Å². The summed E-state index contributed by atoms with van der Waals surface area (Å²) in [6.07, 6.45) is 9.90. The molecule has 0 bridgehead atoms. The standard InChI is InChI=1S/C43H37F5N4O2S/c44-55(45,46,47,48)41-27-22-34(23-28-41)24-29-42-49-39(32-54-42)31-53-40-25-20-33(21-26-40)12-10-11-19-38-30-52(51-50-38)43(35-13-4-1-5-14-35,36-15-6-2-7-16-36)37-17-8-3-9-18-37/h1-9,13-18,20-30,32H,10-12,19,31H2. The van der Waals surface area contributed by atoms with E-state index in [0.717, 1.165) is 60.2 Å². The summed E-state index contributed by atoms with van der Waals surface area (Å²) in [7, 11) is -9.71. The van der Waals surface area contributed by atoms with Crippen LogP contribution in [0, 0.1) is 0 Å². The summed E-state index contributed by atoms with van der Waals surface area (Å²) in [6, 6.07) is 41.7. The molecule has 282 valence electrons. The van der Waals surface area contributed by atoms with Crippen molar-refractivity contribution < 1.29 is 28.6 Å². The summed E-state index contributed by atoms with van der Waals surface area (Å²) >= 11 is 0. The van der Waals surface area contributed by atoms with Gasteiger partial charge in [-0.3, -0.25) is 0 Å². The van der Waals surface area contributed by atoms with Gasteiger partial charge in [0.15, 0.2) is 0 Å². The number of hydrogen-bond acceptors (Lipinski definition) is 5. The van der Waals surface area contributed by atoms with Gasteiger partial charge in [0.25, 0.3) is 0 Å². The van der Waals surface area contributed by atoms with Crippen molar-refractivity contribution in [3.8, 4) is 5.75 Å². The summed E-state index contributed by atoms with van der Waals surface area (Å²) < 4.78 is 78.0. The van der Waals surface area contributed by atoms with Crippen molar-refractivity contribution in [3.05, 3.63) is 197 Å². The quantitative estimate of drug-likeness (QED) is 0.0590. The average molecular weight is 769 g/mol. The zero-order valence-corrected chi connectivity index (χ0v) is 30.3. The van der Waals surface area contributed by atoms with Gasteiger partial charge < -0.3 is 9.15 Å². The second-order valence-electron chi connectivity index (χ2n) is 13.2. The maximum absolute atomic E-state index is 13.0. The number of nitrogens with zero attached hydrogens (tertiary/aromatic N) is 4. The zero-order valence-electron chi connectivity index (χ0n) is 29.5. The van der Waals surface area contributed by atoms with E-state index in [1.807, 2.05) is 47.1 Å². The Balaban J connectivity index is 0.923. The fourth-order valence-electron chi connectivity index (χ4n) is 6.53. The predicted molar refractivity (Wildman–Crippen MR) is 205 cm³/mol. The lowest BCUT2D eigenvalue weighted by molar-refractivity contribution is 0.301. The Hall–Kier alpha value is -6.01. The lowest BCUT2D eigenvalue weighted by atomic mass is 9.77. The molecule has 0 atom stereocenters. The molecule has 0 aliphatic heterocycles. The lowest BCUT2D eigenvalue weighted by Crippen LogP contribution is -2.38. The molecule has 12 heteroatoms. The van der Waals surface area contributed by atoms with Crippen molar-refractivity contribution in [3.63, 3.8) is 0 Å². The topological polar surface area (TPSA) is 66.0 Å². The Morgan fingerprint density at radius 2 is 1.20 bits per heavy atom. The zero-order chi connectivity index (χ0) is 38.4. The predicted octanol–water partition coefficient (Wildman–Crippen LogP) is 12.1. The maximum Gasteiger partial charge on any atom is 0.310 e. The minimum Gasteiger partial charge on any atom is -0.487 e. The van der Waals surface area contributed by atoms with E-state index in [4.69, 9.17) is 14.4 Å². The third kappa shape index (κ3) is 8.87. The van der Waals surface area contributed by atoms with Crippen LogP contribution in [-0.4, -0.2) is 20.0 Å². The molecular formula is C43H37F5N4O2S. The minimum atomic E-state index is -9.71. The first-order valence-corrected chi connectivity index (χ1v) is 19.6. The Bertz CT molecular complexity index is 2250. The van der Waals surface area contributed by atoms with E-state index in [9.17, 15) is 19.4 Å². The van der Waals surface area contributed by atoms with Gasteiger partial charge >= 0.3 is 10.2 Å². The summed E-state index contributed by atoms with van der Waals surface area (Å²) in [6.45, 7) is 0.135. The molecular weight excluding hydrogens is 732 g/mol. The van der Waals surface area contributed by atoms with Gasteiger partial charge in [0.05, 0.1) is 11.9 Å². The van der Waals surface area contributed by atoms with Crippen LogP contribution < -0.4 is 4.74 Å². The van der Waals surface area contributed by atoms with Crippen LogP contribution in [0.25, 0.3) is 12.2 Å². The van der Waals surface area contributed by atoms with Crippen molar-refractivity contribution in [2.75, 3.05) is 0 Å². The minimum absolute atomic E-state index is 0.135. The van der Waals surface area contributed by atoms with E-state index in [2.05, 4.69) is 89.1 Å². The van der Waals surface area contributed by atoms with Crippen LogP contribution >= 0.6 is 10.2 Å². The first-order valence-electron chi connectivity index (χ1n) is 17.6. The third-order valence-electron chi connectivity index (χ3n) is 9.23. The summed E-state index contributed by atoms with van der Waals surface area (Å²) in [4.78, 5) is 2.35. The van der Waals surface area contributed by atoms with Crippen LogP contribution in [0.15, 0.2) is 161 Å². The van der Waals surface area contributed by atoms with Crippen LogP contribution in [0.5, 0.6) is 5.75 Å². The van der Waals surface area contributed by atoms with Crippen LogP contribution in [0.3, 0.4) is 0 Å². The molecule has 55 heavy (non-hydrogen) atoms. The van der Waals surface area contributed by atoms with Crippen LogP contribution in [-0.2, 0) is 25.0 Å². The fourth-order valence-corrected chi connectivity index (χ4v) is 7.18. The van der Waals surface area contributed by atoms with E-state index >= 15 is 0 Å². The van der Waals surface area contributed by atoms with E-state index < -0.39 is 20.7 Å². The van der Waals surface area contributed by atoms with Crippen LogP contribution in [0.2, 0.25) is 0 Å². The molecule has 6 nitrogen and oxygen atoms in total. The molecule has 0 aliphatic rings. The van der Waals surface area contributed by atoms with Crippen molar-refractivity contribution in [1.29, 1.82) is 0 Å². The van der Waals surface area contributed by atoms with E-state index in [0.29, 0.717) is 23.6 Å². The molecule has 0 saturated carbocycles. The Morgan fingerprint density at radius 1 is 0.636 bits per heavy atom. The van der Waals surface area contributed by atoms with Gasteiger partial charge in [-0.1, -0.05) is 140 Å². The van der Waals surface area contributed by atoms with E-state index in [1.165, 1.54) is 24.0 Å². The van der Waals surface area contributed by atoms with Crippen LogP contribution in [0.1, 0.15) is 57.9 Å². The summed E-state index contributed by atoms with van der Waals surface area (Å²) in [5, 5.41) is 9.35. The fraction of sp³-hybridized carbons (Fsp3) is 0.140. The van der Waals surface area contributed by atoms with Crippen molar-refractivity contribution >= 4 is 22.4 Å². The maximum atomic E-state index is 13.0. The first kappa shape index (κ1) is 37.3. The second kappa shape index (κ2) is 14.7. The molecule has 7 rings (SSSR count). The number of aromatic nitrogens is 4. The van der Waals surface area contributed by atoms with E-state index in [1.54, 1.807) is 0 Å². The van der Waals surface area contributed by atoms with Crippen molar-refractivity contribution in [2.24, 2.45) is 0 Å². The highest BCUT2D eigenvalue weighted by Gasteiger charge is 2.65. The molecule has 5 aromatic carbocycles. The number of oxazole rings is 1. The molecule has 0 fully saturated rings. The normalized spacial score (nSPS) is 13.4. The molecule has 0 amide bonds. The SMILES string of the molecule is FS(F)(F)(F)(F)c1ccc(C=Cc2nc(COc3ccc(CCCCc4cn(C(c5ccccc5)(c5ccccc5)c5ccccc5)nn4)cc3)co2)cc1. The summed E-state index contributed by atoms with van der Waals surface area (Å²) in [5.41, 5.74) is 5.47. The highest BCUT2D eigenvalue weighted by molar-refractivity contribution is 8.45. The molecule has 0 N–H and O–H groups in total. The number of unbranched alkanes of at least 4 members (excludes halogenated alkanes) is 1. The second-order valence-corrected chi connectivity index (χ2v) is 15.6. The number of benzene rings is 5. The molecule has 0 spiro atoms. The lowest BCUT2D eigenvalue weighted by Gasteiger charge is -2.40. The van der Waals surface area contributed by atoms with Gasteiger partial charge in [0.1, 0.15) is 34.7 Å². The smallest absolute Gasteiger partial charge is 0.310 e. The molecule has 0 radical (unpaired) electrons. The monoisotopic (exact) mass is 768 g/mol. The van der Waals surface area contributed by atoms with Gasteiger partial charge in [0.2, 0.25) is 5.89 Å². The van der Waals surface area contributed by atoms with Gasteiger partial charge in [-0.25, -0.2) is 9.67 Å². The molecule has 0 unspecified atom stereocenters. The number of rotatable bonds is 15. The average Bonchev–Trinajstić information content (AvgIpc) is 3.86.